The molecule has 7 heteroatoms. The molecule has 6 nitrogen and oxygen atoms in total. The van der Waals surface area contributed by atoms with E-state index in [1.54, 1.807) is 18.2 Å². The monoisotopic (exact) mass is 469 g/mol. The molecular weight excluding hydrogens is 438 g/mol. The van der Waals surface area contributed by atoms with Crippen LogP contribution in [0.3, 0.4) is 0 Å². The van der Waals surface area contributed by atoms with Gasteiger partial charge in [0.05, 0.1) is 23.7 Å². The quantitative estimate of drug-likeness (QED) is 0.388. The van der Waals surface area contributed by atoms with Crippen LogP contribution in [0.5, 0.6) is 5.75 Å². The molecule has 0 saturated carbocycles. The lowest BCUT2D eigenvalue weighted by molar-refractivity contribution is -0.119. The molecule has 0 radical (unpaired) electrons. The molecule has 33 heavy (non-hydrogen) atoms. The molecule has 1 N–H and O–H groups in total. The van der Waals surface area contributed by atoms with Crippen LogP contribution in [0.25, 0.3) is 0 Å². The zero-order valence-electron chi connectivity index (χ0n) is 18.6. The predicted molar refractivity (Wildman–Crippen MR) is 126 cm³/mol. The Labute approximate surface area is 196 Å². The lowest BCUT2D eigenvalue weighted by Gasteiger charge is -2.27. The van der Waals surface area contributed by atoms with E-state index < -0.39 is 15.9 Å². The second kappa shape index (κ2) is 11.0. The fraction of sp³-hybridized carbons (Fsp3) is 0.423. The average molecular weight is 470 g/mol. The Kier molecular flexibility index (Phi) is 7.83. The number of allylic oxidation sites excluding steroid dienone is 2. The number of carbonyl (C=O) groups is 1. The predicted octanol–water partition coefficient (Wildman–Crippen LogP) is 4.48. The summed E-state index contributed by atoms with van der Waals surface area (Å²) in [7, 11) is -3.80. The Bertz CT molecular complexity index is 1040. The van der Waals surface area contributed by atoms with Crippen LogP contribution < -0.4 is 9.46 Å². The van der Waals surface area contributed by atoms with Crippen LogP contribution >= 0.6 is 0 Å². The van der Waals surface area contributed by atoms with Crippen molar-refractivity contribution >= 4 is 15.9 Å². The van der Waals surface area contributed by atoms with Crippen molar-refractivity contribution in [2.45, 2.75) is 55.6 Å². The summed E-state index contributed by atoms with van der Waals surface area (Å²) in [6.45, 7) is 0.666. The second-order valence-corrected chi connectivity index (χ2v) is 10.4. The Balaban J connectivity index is 1.18. The lowest BCUT2D eigenvalue weighted by atomic mass is 9.78. The molecule has 2 aromatic rings. The Morgan fingerprint density at radius 2 is 1.64 bits per heavy atom. The molecule has 0 spiro atoms. The Morgan fingerprint density at radius 1 is 0.970 bits per heavy atom. The number of fused-ring (bicyclic) bond motifs is 2. The van der Waals surface area contributed by atoms with Gasteiger partial charge in [0.25, 0.3) is 10.0 Å². The molecule has 2 heterocycles. The van der Waals surface area contributed by atoms with Gasteiger partial charge in [-0.2, -0.15) is 0 Å². The lowest BCUT2D eigenvalue weighted by Crippen LogP contribution is -2.31. The summed E-state index contributed by atoms with van der Waals surface area (Å²) >= 11 is 0. The average Bonchev–Trinajstić information content (AvgIpc) is 3.43. The van der Waals surface area contributed by atoms with Crippen molar-refractivity contribution in [3.05, 3.63) is 72.8 Å². The Hall–Kier alpha value is -2.64. The van der Waals surface area contributed by atoms with Crippen LogP contribution in [0.15, 0.2) is 77.7 Å². The van der Waals surface area contributed by atoms with Crippen molar-refractivity contribution in [1.29, 1.82) is 0 Å². The molecule has 0 aliphatic carbocycles. The van der Waals surface area contributed by atoms with E-state index in [-0.39, 0.29) is 17.4 Å². The molecule has 4 rings (SSSR count). The zero-order chi connectivity index (χ0) is 23.1. The Morgan fingerprint density at radius 3 is 2.36 bits per heavy atom. The van der Waals surface area contributed by atoms with Gasteiger partial charge in [-0.25, -0.2) is 13.1 Å². The minimum absolute atomic E-state index is 0.0946. The molecule has 2 bridgehead atoms. The van der Waals surface area contributed by atoms with E-state index in [4.69, 9.17) is 9.47 Å². The molecule has 0 aromatic heterocycles. The van der Waals surface area contributed by atoms with E-state index >= 15 is 0 Å². The van der Waals surface area contributed by atoms with Gasteiger partial charge in [0.15, 0.2) is 0 Å². The summed E-state index contributed by atoms with van der Waals surface area (Å²) in [5, 5.41) is 0. The summed E-state index contributed by atoms with van der Waals surface area (Å²) in [6, 6.07) is 17.8. The van der Waals surface area contributed by atoms with E-state index in [9.17, 15) is 13.2 Å². The van der Waals surface area contributed by atoms with Gasteiger partial charge in [-0.1, -0.05) is 48.6 Å². The van der Waals surface area contributed by atoms with Gasteiger partial charge < -0.3 is 9.47 Å². The van der Waals surface area contributed by atoms with Gasteiger partial charge in [-0.15, -0.1) is 0 Å². The van der Waals surface area contributed by atoms with Crippen molar-refractivity contribution < 1.29 is 22.7 Å². The number of hydrogen-bond donors (Lipinski definition) is 1. The van der Waals surface area contributed by atoms with Crippen molar-refractivity contribution in [3.63, 3.8) is 0 Å². The number of carbonyl (C=O) groups excluding carboxylic acids is 1. The van der Waals surface area contributed by atoms with Gasteiger partial charge in [-0.3, -0.25) is 4.79 Å². The standard InChI is InChI=1S/C26H31NO5S/c28-26(27-33(29,30)21-13-7-4-8-14-21)16-10-2-1-9-15-22-23(25-18-17-24(22)32-25)19-31-20-11-5-3-6-12-20/h1,3-9,11-14,22-25H,2,10,15-19H2,(H,27,28)/t22-,23+,24-,25+/m1/s1. The number of benzene rings is 2. The largest absolute Gasteiger partial charge is 0.493 e. The molecule has 2 saturated heterocycles. The van der Waals surface area contributed by atoms with Crippen molar-refractivity contribution in [1.82, 2.24) is 4.72 Å². The van der Waals surface area contributed by atoms with Gasteiger partial charge >= 0.3 is 0 Å². The van der Waals surface area contributed by atoms with Crippen LogP contribution in [0.2, 0.25) is 0 Å². The first-order valence-electron chi connectivity index (χ1n) is 11.6. The molecule has 4 atom stereocenters. The van der Waals surface area contributed by atoms with E-state index in [2.05, 4.69) is 16.9 Å². The first-order chi connectivity index (χ1) is 16.0. The first kappa shape index (κ1) is 23.5. The molecular formula is C26H31NO5S. The van der Waals surface area contributed by atoms with Crippen molar-refractivity contribution in [2.75, 3.05) is 6.61 Å². The van der Waals surface area contributed by atoms with Crippen molar-refractivity contribution in [3.8, 4) is 5.75 Å². The molecule has 176 valence electrons. The maximum Gasteiger partial charge on any atom is 0.264 e. The van der Waals surface area contributed by atoms with Crippen LogP contribution in [0, 0.1) is 11.8 Å². The smallest absolute Gasteiger partial charge is 0.264 e. The van der Waals surface area contributed by atoms with Crippen LogP contribution in [-0.2, 0) is 19.6 Å². The van der Waals surface area contributed by atoms with Crippen LogP contribution in [0.1, 0.15) is 38.5 Å². The topological polar surface area (TPSA) is 81.7 Å². The van der Waals surface area contributed by atoms with Crippen LogP contribution in [-0.4, -0.2) is 33.1 Å². The number of unbranched alkanes of at least 4 members (excludes halogenated alkanes) is 1. The summed E-state index contributed by atoms with van der Waals surface area (Å²) in [6.07, 6.45) is 9.48. The highest BCUT2D eigenvalue weighted by Crippen LogP contribution is 2.45. The van der Waals surface area contributed by atoms with E-state index in [1.807, 2.05) is 30.3 Å². The number of rotatable bonds is 11. The minimum atomic E-state index is -3.80. The second-order valence-electron chi connectivity index (χ2n) is 8.68. The molecule has 2 fully saturated rings. The third kappa shape index (κ3) is 6.24. The maximum absolute atomic E-state index is 12.2. The van der Waals surface area contributed by atoms with E-state index in [1.165, 1.54) is 12.1 Å². The van der Waals surface area contributed by atoms with E-state index in [0.717, 1.165) is 31.4 Å². The number of nitrogens with one attached hydrogen (secondary N) is 1. The minimum Gasteiger partial charge on any atom is -0.493 e. The van der Waals surface area contributed by atoms with Gasteiger partial charge in [-0.05, 0) is 62.3 Å². The SMILES string of the molecule is O=C(CCCC=CC[C@@H]1[C@H](COc2ccccc2)[C@@H]2CC[C@H]1O2)NS(=O)(=O)c1ccccc1. The number of ether oxygens (including phenoxy) is 2. The fourth-order valence-corrected chi connectivity index (χ4v) is 5.78. The molecule has 2 aliphatic rings. The summed E-state index contributed by atoms with van der Waals surface area (Å²) in [5.41, 5.74) is 0. The zero-order valence-corrected chi connectivity index (χ0v) is 19.5. The number of hydrogen-bond acceptors (Lipinski definition) is 5. The van der Waals surface area contributed by atoms with E-state index in [0.29, 0.717) is 31.0 Å². The summed E-state index contributed by atoms with van der Waals surface area (Å²) < 4.78 is 38.7. The summed E-state index contributed by atoms with van der Waals surface area (Å²) in [5.74, 6) is 1.25. The third-order valence-electron chi connectivity index (χ3n) is 6.43. The van der Waals surface area contributed by atoms with Gasteiger partial charge in [0.2, 0.25) is 5.91 Å². The molecule has 2 aromatic carbocycles. The third-order valence-corrected chi connectivity index (χ3v) is 7.82. The summed E-state index contributed by atoms with van der Waals surface area (Å²) in [4.78, 5) is 12.1. The highest BCUT2D eigenvalue weighted by Gasteiger charge is 2.48. The van der Waals surface area contributed by atoms with Gasteiger partial charge in [0.1, 0.15) is 5.75 Å². The number of amides is 1. The molecule has 0 unspecified atom stereocenters. The number of sulfonamides is 1. The normalized spacial score (nSPS) is 24.2. The number of para-hydroxylation sites is 1. The highest BCUT2D eigenvalue weighted by atomic mass is 32.2. The first-order valence-corrected chi connectivity index (χ1v) is 13.1. The molecule has 1 amide bonds. The maximum atomic E-state index is 12.2. The van der Waals surface area contributed by atoms with Crippen LogP contribution in [0.4, 0.5) is 0 Å². The fourth-order valence-electron chi connectivity index (χ4n) is 4.75. The van der Waals surface area contributed by atoms with Crippen molar-refractivity contribution in [2.24, 2.45) is 11.8 Å². The van der Waals surface area contributed by atoms with Gasteiger partial charge in [0, 0.05) is 12.3 Å². The highest BCUT2D eigenvalue weighted by molar-refractivity contribution is 7.90. The molecule has 2 aliphatic heterocycles.